The number of hydrogen-bond donors (Lipinski definition) is 0. The van der Waals surface area contributed by atoms with E-state index in [1.54, 1.807) is 0 Å². The molecule has 1 heterocycles. The first-order chi connectivity index (χ1) is 10.0. The van der Waals surface area contributed by atoms with Crippen molar-refractivity contribution in [1.82, 2.24) is 9.78 Å². The molecule has 1 aromatic heterocycles. The van der Waals surface area contributed by atoms with Gasteiger partial charge in [0, 0.05) is 19.8 Å². The SMILES string of the molecule is CCC(CC)n1ccc(CC(=O)c2cc(I)ccc2Br)n1. The third kappa shape index (κ3) is 4.16. The molecular weight excluding hydrogens is 443 g/mol. The molecule has 0 radical (unpaired) electrons. The Balaban J connectivity index is 2.15. The summed E-state index contributed by atoms with van der Waals surface area (Å²) < 4.78 is 3.88. The van der Waals surface area contributed by atoms with Crippen LogP contribution in [0.2, 0.25) is 0 Å². The minimum atomic E-state index is 0.0928. The van der Waals surface area contributed by atoms with E-state index in [0.717, 1.165) is 32.1 Å². The largest absolute Gasteiger partial charge is 0.294 e. The standard InChI is InChI=1S/C16H18BrIN2O/c1-3-13(4-2)20-8-7-12(19-20)10-16(21)14-9-11(18)5-6-15(14)17/h5-9,13H,3-4,10H2,1-2H3. The van der Waals surface area contributed by atoms with E-state index < -0.39 is 0 Å². The molecule has 0 saturated carbocycles. The highest BCUT2D eigenvalue weighted by Gasteiger charge is 2.14. The fraction of sp³-hybridized carbons (Fsp3) is 0.375. The molecule has 0 aliphatic heterocycles. The monoisotopic (exact) mass is 460 g/mol. The van der Waals surface area contributed by atoms with Crippen LogP contribution in [0.1, 0.15) is 48.8 Å². The molecule has 3 nitrogen and oxygen atoms in total. The number of aromatic nitrogens is 2. The highest BCUT2D eigenvalue weighted by Crippen LogP contribution is 2.21. The Morgan fingerprint density at radius 1 is 1.33 bits per heavy atom. The maximum atomic E-state index is 12.4. The fourth-order valence-corrected chi connectivity index (χ4v) is 3.27. The first-order valence-electron chi connectivity index (χ1n) is 7.07. The van der Waals surface area contributed by atoms with Gasteiger partial charge in [0.15, 0.2) is 5.78 Å². The molecule has 0 aliphatic carbocycles. The van der Waals surface area contributed by atoms with Crippen LogP contribution < -0.4 is 0 Å². The zero-order chi connectivity index (χ0) is 15.4. The average molecular weight is 461 g/mol. The Morgan fingerprint density at radius 2 is 2.05 bits per heavy atom. The summed E-state index contributed by atoms with van der Waals surface area (Å²) in [5, 5.41) is 4.55. The summed E-state index contributed by atoms with van der Waals surface area (Å²) in [7, 11) is 0. The number of halogens is 2. The zero-order valence-electron chi connectivity index (χ0n) is 12.1. The van der Waals surface area contributed by atoms with Crippen molar-refractivity contribution < 1.29 is 4.79 Å². The molecular formula is C16H18BrIN2O. The summed E-state index contributed by atoms with van der Waals surface area (Å²) in [6.45, 7) is 4.31. The van der Waals surface area contributed by atoms with Gasteiger partial charge in [0.25, 0.3) is 0 Å². The van der Waals surface area contributed by atoms with Crippen LogP contribution in [0, 0.1) is 3.57 Å². The maximum Gasteiger partial charge on any atom is 0.170 e. The van der Waals surface area contributed by atoms with Crippen LogP contribution in [0.15, 0.2) is 34.9 Å². The van der Waals surface area contributed by atoms with Gasteiger partial charge in [-0.3, -0.25) is 9.48 Å². The quantitative estimate of drug-likeness (QED) is 0.447. The first-order valence-corrected chi connectivity index (χ1v) is 8.94. The molecule has 0 unspecified atom stereocenters. The van der Waals surface area contributed by atoms with Crippen LogP contribution in [0.3, 0.4) is 0 Å². The Kier molecular flexibility index (Phi) is 5.98. The maximum absolute atomic E-state index is 12.4. The number of ketones is 1. The second-order valence-corrected chi connectivity index (χ2v) is 7.08. The molecule has 0 amide bonds. The van der Waals surface area contributed by atoms with Crippen molar-refractivity contribution in [3.8, 4) is 0 Å². The lowest BCUT2D eigenvalue weighted by Crippen LogP contribution is -2.10. The highest BCUT2D eigenvalue weighted by atomic mass is 127. The molecule has 0 bridgehead atoms. The predicted molar refractivity (Wildman–Crippen MR) is 96.7 cm³/mol. The van der Waals surface area contributed by atoms with Gasteiger partial charge >= 0.3 is 0 Å². The zero-order valence-corrected chi connectivity index (χ0v) is 15.9. The Bertz CT molecular complexity index is 635. The van der Waals surface area contributed by atoms with E-state index in [4.69, 9.17) is 0 Å². The molecule has 0 spiro atoms. The lowest BCUT2D eigenvalue weighted by Gasteiger charge is -2.12. The molecule has 5 heteroatoms. The number of carbonyl (C=O) groups excluding carboxylic acids is 1. The van der Waals surface area contributed by atoms with Crippen LogP contribution in [-0.2, 0) is 6.42 Å². The average Bonchev–Trinajstić information content (AvgIpc) is 2.91. The number of Topliss-reactive ketones (excluding diaryl/α,β-unsaturated/α-hetero) is 1. The van der Waals surface area contributed by atoms with Crippen LogP contribution in [-0.4, -0.2) is 15.6 Å². The molecule has 21 heavy (non-hydrogen) atoms. The normalized spacial score (nSPS) is 11.1. The van der Waals surface area contributed by atoms with Gasteiger partial charge in [0.05, 0.1) is 18.2 Å². The van der Waals surface area contributed by atoms with Gasteiger partial charge in [-0.25, -0.2) is 0 Å². The minimum Gasteiger partial charge on any atom is -0.294 e. The van der Waals surface area contributed by atoms with E-state index in [9.17, 15) is 4.79 Å². The van der Waals surface area contributed by atoms with E-state index in [1.807, 2.05) is 35.1 Å². The number of hydrogen-bond acceptors (Lipinski definition) is 2. The summed E-state index contributed by atoms with van der Waals surface area (Å²) in [6.07, 6.45) is 4.41. The van der Waals surface area contributed by atoms with E-state index in [1.165, 1.54) is 0 Å². The molecule has 2 rings (SSSR count). The first kappa shape index (κ1) is 16.7. The van der Waals surface area contributed by atoms with Crippen molar-refractivity contribution in [2.75, 3.05) is 0 Å². The van der Waals surface area contributed by atoms with Gasteiger partial charge in [0.2, 0.25) is 0 Å². The summed E-state index contributed by atoms with van der Waals surface area (Å²) in [5.74, 6) is 0.0928. The van der Waals surface area contributed by atoms with Crippen molar-refractivity contribution >= 4 is 44.3 Å². The van der Waals surface area contributed by atoms with Crippen LogP contribution >= 0.6 is 38.5 Å². The highest BCUT2D eigenvalue weighted by molar-refractivity contribution is 14.1. The van der Waals surface area contributed by atoms with Crippen molar-refractivity contribution in [2.45, 2.75) is 39.2 Å². The molecule has 0 N–H and O–H groups in total. The van der Waals surface area contributed by atoms with Gasteiger partial charge in [-0.2, -0.15) is 5.10 Å². The van der Waals surface area contributed by atoms with Crippen molar-refractivity contribution in [1.29, 1.82) is 0 Å². The molecule has 2 aromatic rings. The van der Waals surface area contributed by atoms with Crippen molar-refractivity contribution in [2.24, 2.45) is 0 Å². The summed E-state index contributed by atoms with van der Waals surface area (Å²) >= 11 is 5.66. The van der Waals surface area contributed by atoms with Gasteiger partial charge < -0.3 is 0 Å². The third-order valence-electron chi connectivity index (χ3n) is 3.55. The molecule has 112 valence electrons. The van der Waals surface area contributed by atoms with Gasteiger partial charge in [-0.1, -0.05) is 29.8 Å². The second-order valence-electron chi connectivity index (χ2n) is 4.98. The minimum absolute atomic E-state index is 0.0928. The molecule has 0 fully saturated rings. The lowest BCUT2D eigenvalue weighted by atomic mass is 10.1. The summed E-state index contributed by atoms with van der Waals surface area (Å²) in [6, 6.07) is 8.16. The number of nitrogens with zero attached hydrogens (tertiary/aromatic N) is 2. The number of rotatable bonds is 6. The van der Waals surface area contributed by atoms with Crippen LogP contribution in [0.5, 0.6) is 0 Å². The topological polar surface area (TPSA) is 34.9 Å². The molecule has 0 atom stereocenters. The summed E-state index contributed by atoms with van der Waals surface area (Å²) in [4.78, 5) is 12.4. The fourth-order valence-electron chi connectivity index (χ4n) is 2.31. The van der Waals surface area contributed by atoms with E-state index in [0.29, 0.717) is 12.5 Å². The predicted octanol–water partition coefficient (Wildman–Crippen LogP) is 5.04. The molecule has 0 aliphatic rings. The van der Waals surface area contributed by atoms with Crippen molar-refractivity contribution in [3.63, 3.8) is 0 Å². The van der Waals surface area contributed by atoms with E-state index in [-0.39, 0.29) is 5.78 Å². The Morgan fingerprint density at radius 3 is 2.71 bits per heavy atom. The van der Waals surface area contributed by atoms with Crippen LogP contribution in [0.25, 0.3) is 0 Å². The van der Waals surface area contributed by atoms with Gasteiger partial charge in [-0.05, 0) is 59.7 Å². The van der Waals surface area contributed by atoms with Crippen LogP contribution in [0.4, 0.5) is 0 Å². The van der Waals surface area contributed by atoms with E-state index >= 15 is 0 Å². The number of benzene rings is 1. The summed E-state index contributed by atoms with van der Waals surface area (Å²) in [5.41, 5.74) is 1.55. The Labute approximate surface area is 147 Å². The lowest BCUT2D eigenvalue weighted by molar-refractivity contribution is 0.0991. The third-order valence-corrected chi connectivity index (χ3v) is 4.91. The smallest absolute Gasteiger partial charge is 0.170 e. The molecule has 0 saturated heterocycles. The van der Waals surface area contributed by atoms with E-state index in [2.05, 4.69) is 57.5 Å². The Hall–Kier alpha value is -0.690. The number of carbonyl (C=O) groups is 1. The van der Waals surface area contributed by atoms with Crippen molar-refractivity contribution in [3.05, 3.63) is 49.8 Å². The second kappa shape index (κ2) is 7.54. The van der Waals surface area contributed by atoms with Gasteiger partial charge in [-0.15, -0.1) is 0 Å². The molecule has 1 aromatic carbocycles. The van der Waals surface area contributed by atoms with Gasteiger partial charge in [0.1, 0.15) is 0 Å².